The van der Waals surface area contributed by atoms with E-state index in [2.05, 4.69) is 15.4 Å². The van der Waals surface area contributed by atoms with Crippen LogP contribution < -0.4 is 5.32 Å². The number of aromatic nitrogens is 3. The van der Waals surface area contributed by atoms with Crippen LogP contribution in [0, 0.1) is 6.92 Å². The number of carboxylic acid groups (broad SMARTS) is 1. The number of carbonyl (C=O) groups is 1. The maximum atomic E-state index is 11.3. The van der Waals surface area contributed by atoms with Gasteiger partial charge in [-0.3, -0.25) is 0 Å². The maximum Gasteiger partial charge on any atom is 0.352 e. The fraction of sp³-hybridized carbons (Fsp3) is 0.214. The van der Waals surface area contributed by atoms with Gasteiger partial charge in [-0.2, -0.15) is 10.1 Å². The van der Waals surface area contributed by atoms with Gasteiger partial charge in [-0.15, -0.1) is 11.8 Å². The molecule has 1 aromatic heterocycles. The number of fused-ring (bicyclic) bond motifs is 1. The summed E-state index contributed by atoms with van der Waals surface area (Å²) < 4.78 is 1.70. The van der Waals surface area contributed by atoms with Crippen LogP contribution in [0.15, 0.2) is 40.9 Å². The lowest BCUT2D eigenvalue weighted by Crippen LogP contribution is -2.24. The van der Waals surface area contributed by atoms with Crippen molar-refractivity contribution >= 4 is 23.7 Å². The van der Waals surface area contributed by atoms with Crippen LogP contribution >= 0.6 is 11.8 Å². The van der Waals surface area contributed by atoms with Gasteiger partial charge >= 0.3 is 5.97 Å². The van der Waals surface area contributed by atoms with Crippen LogP contribution in [0.5, 0.6) is 0 Å². The minimum atomic E-state index is -1.01. The lowest BCUT2D eigenvalue weighted by atomic mass is 10.0. The van der Waals surface area contributed by atoms with E-state index in [1.165, 1.54) is 0 Å². The summed E-state index contributed by atoms with van der Waals surface area (Å²) in [6, 6.07) is 7.72. The molecular weight excluding hydrogens is 288 g/mol. The van der Waals surface area contributed by atoms with Gasteiger partial charge in [-0.1, -0.05) is 12.1 Å². The number of nitrogens with zero attached hydrogens (tertiary/aromatic N) is 3. The van der Waals surface area contributed by atoms with Gasteiger partial charge in [0.15, 0.2) is 0 Å². The monoisotopic (exact) mass is 302 g/mol. The lowest BCUT2D eigenvalue weighted by molar-refractivity contribution is -0.132. The van der Waals surface area contributed by atoms with E-state index in [1.54, 1.807) is 29.4 Å². The summed E-state index contributed by atoms with van der Waals surface area (Å²) >= 11 is 1.66. The van der Waals surface area contributed by atoms with Crippen molar-refractivity contribution in [1.82, 2.24) is 14.8 Å². The zero-order valence-electron chi connectivity index (χ0n) is 11.6. The van der Waals surface area contributed by atoms with Crippen molar-refractivity contribution in [3.8, 4) is 0 Å². The summed E-state index contributed by atoms with van der Waals surface area (Å²) in [5, 5.41) is 16.4. The second kappa shape index (κ2) is 5.25. The van der Waals surface area contributed by atoms with Gasteiger partial charge in [-0.05, 0) is 37.0 Å². The molecule has 0 bridgehead atoms. The number of aryl methyl sites for hydroxylation is 1. The van der Waals surface area contributed by atoms with Gasteiger partial charge in [0.1, 0.15) is 17.6 Å². The van der Waals surface area contributed by atoms with E-state index in [9.17, 15) is 9.90 Å². The van der Waals surface area contributed by atoms with E-state index < -0.39 is 5.97 Å². The second-order valence-corrected chi connectivity index (χ2v) is 5.54. The minimum absolute atomic E-state index is 0.119. The van der Waals surface area contributed by atoms with Gasteiger partial charge < -0.3 is 10.4 Å². The van der Waals surface area contributed by atoms with E-state index in [0.29, 0.717) is 11.8 Å². The Morgan fingerprint density at radius 3 is 2.71 bits per heavy atom. The summed E-state index contributed by atoms with van der Waals surface area (Å²) in [5.41, 5.74) is 1.09. The van der Waals surface area contributed by atoms with Crippen molar-refractivity contribution in [2.45, 2.75) is 17.9 Å². The Morgan fingerprint density at radius 2 is 2.10 bits per heavy atom. The number of aliphatic carboxylic acids is 1. The van der Waals surface area contributed by atoms with Crippen molar-refractivity contribution in [2.24, 2.45) is 0 Å². The van der Waals surface area contributed by atoms with Crippen LogP contribution in [0.3, 0.4) is 0 Å². The molecule has 1 aliphatic heterocycles. The Labute approximate surface area is 125 Å². The zero-order chi connectivity index (χ0) is 15.0. The standard InChI is InChI=1S/C14H14N4O2S/c1-8-15-14-16-11(13(19)20)7-12(18(14)17-8)9-3-5-10(21-2)6-4-9/h3-7,12H,1-2H3,(H,19,20)(H,15,16,17)/t12-/m1/s1. The summed E-state index contributed by atoms with van der Waals surface area (Å²) in [4.78, 5) is 16.6. The lowest BCUT2D eigenvalue weighted by Gasteiger charge is -2.22. The van der Waals surface area contributed by atoms with Crippen molar-refractivity contribution in [1.29, 1.82) is 0 Å². The largest absolute Gasteiger partial charge is 0.477 e. The average molecular weight is 302 g/mol. The quantitative estimate of drug-likeness (QED) is 0.847. The molecule has 0 amide bonds. The fourth-order valence-electron chi connectivity index (χ4n) is 2.26. The van der Waals surface area contributed by atoms with Crippen LogP contribution in [-0.4, -0.2) is 32.1 Å². The molecule has 3 rings (SSSR count). The van der Waals surface area contributed by atoms with E-state index in [0.717, 1.165) is 10.5 Å². The Balaban J connectivity index is 2.07. The normalized spacial score (nSPS) is 16.9. The third-order valence-electron chi connectivity index (χ3n) is 3.26. The number of carboxylic acids is 1. The Bertz CT molecular complexity index is 721. The number of anilines is 1. The second-order valence-electron chi connectivity index (χ2n) is 4.66. The van der Waals surface area contributed by atoms with E-state index in [-0.39, 0.29) is 11.7 Å². The van der Waals surface area contributed by atoms with E-state index in [1.807, 2.05) is 30.5 Å². The first-order valence-corrected chi connectivity index (χ1v) is 7.60. The van der Waals surface area contributed by atoms with Crippen molar-refractivity contribution in [3.05, 3.63) is 47.4 Å². The zero-order valence-corrected chi connectivity index (χ0v) is 12.4. The third-order valence-corrected chi connectivity index (χ3v) is 4.00. The Kier molecular flexibility index (Phi) is 3.42. The summed E-state index contributed by atoms with van der Waals surface area (Å²) in [6.07, 6.45) is 3.67. The Morgan fingerprint density at radius 1 is 1.38 bits per heavy atom. The molecule has 2 N–H and O–H groups in total. The molecule has 1 aliphatic rings. The molecule has 0 saturated carbocycles. The molecule has 6 nitrogen and oxygen atoms in total. The minimum Gasteiger partial charge on any atom is -0.477 e. The molecule has 108 valence electrons. The molecule has 1 atom stereocenters. The highest BCUT2D eigenvalue weighted by Crippen LogP contribution is 2.29. The number of allylic oxidation sites excluding steroid dienone is 1. The molecule has 2 heterocycles. The SMILES string of the molecule is CSc1ccc([C@H]2C=C(C(=O)O)Nc3nc(C)nn32)cc1. The number of nitrogens with one attached hydrogen (secondary N) is 1. The molecule has 2 aromatic rings. The average Bonchev–Trinajstić information content (AvgIpc) is 2.86. The highest BCUT2D eigenvalue weighted by atomic mass is 32.2. The molecule has 1 aromatic carbocycles. The molecule has 7 heteroatoms. The van der Waals surface area contributed by atoms with Gasteiger partial charge in [0.25, 0.3) is 0 Å². The predicted molar refractivity (Wildman–Crippen MR) is 80.5 cm³/mol. The maximum absolute atomic E-state index is 11.3. The van der Waals surface area contributed by atoms with Gasteiger partial charge in [0.05, 0.1) is 0 Å². The summed E-state index contributed by atoms with van der Waals surface area (Å²) in [6.45, 7) is 1.78. The number of hydrogen-bond donors (Lipinski definition) is 2. The highest BCUT2D eigenvalue weighted by molar-refractivity contribution is 7.98. The van der Waals surface area contributed by atoms with E-state index >= 15 is 0 Å². The summed E-state index contributed by atoms with van der Waals surface area (Å²) in [5.74, 6) is 0.0438. The molecular formula is C14H14N4O2S. The molecule has 0 unspecified atom stereocenters. The molecule has 0 radical (unpaired) electrons. The topological polar surface area (TPSA) is 80.0 Å². The van der Waals surface area contributed by atoms with Crippen LogP contribution in [0.2, 0.25) is 0 Å². The number of hydrogen-bond acceptors (Lipinski definition) is 5. The first-order valence-electron chi connectivity index (χ1n) is 6.37. The molecule has 21 heavy (non-hydrogen) atoms. The van der Waals surface area contributed by atoms with Crippen LogP contribution in [0.1, 0.15) is 17.4 Å². The molecule has 0 spiro atoms. The highest BCUT2D eigenvalue weighted by Gasteiger charge is 2.26. The van der Waals surface area contributed by atoms with Gasteiger partial charge in [-0.25, -0.2) is 9.48 Å². The smallest absolute Gasteiger partial charge is 0.352 e. The van der Waals surface area contributed by atoms with Crippen LogP contribution in [0.25, 0.3) is 0 Å². The van der Waals surface area contributed by atoms with Crippen LogP contribution in [-0.2, 0) is 4.79 Å². The number of rotatable bonds is 3. The first kappa shape index (κ1) is 13.7. The predicted octanol–water partition coefficient (Wildman–Crippen LogP) is 2.29. The third kappa shape index (κ3) is 2.52. The number of benzene rings is 1. The van der Waals surface area contributed by atoms with Gasteiger partial charge in [0, 0.05) is 4.90 Å². The van der Waals surface area contributed by atoms with Crippen molar-refractivity contribution < 1.29 is 9.90 Å². The molecule has 0 aliphatic carbocycles. The van der Waals surface area contributed by atoms with E-state index in [4.69, 9.17) is 0 Å². The Hall–Kier alpha value is -2.28. The fourth-order valence-corrected chi connectivity index (χ4v) is 2.67. The van der Waals surface area contributed by atoms with Crippen molar-refractivity contribution in [3.63, 3.8) is 0 Å². The van der Waals surface area contributed by atoms with Crippen LogP contribution in [0.4, 0.5) is 5.95 Å². The first-order chi connectivity index (χ1) is 10.1. The van der Waals surface area contributed by atoms with Crippen molar-refractivity contribution in [2.75, 3.05) is 11.6 Å². The van der Waals surface area contributed by atoms with Gasteiger partial charge in [0.2, 0.25) is 5.95 Å². The summed E-state index contributed by atoms with van der Waals surface area (Å²) in [7, 11) is 0. The molecule has 0 saturated heterocycles. The molecule has 0 fully saturated rings. The number of thioether (sulfide) groups is 1.